The molecular formula is C17H25NO2. The first-order valence-corrected chi connectivity index (χ1v) is 7.56. The van der Waals surface area contributed by atoms with Crippen LogP contribution in [0.5, 0.6) is 0 Å². The van der Waals surface area contributed by atoms with Crippen LogP contribution in [0.15, 0.2) is 30.3 Å². The number of likely N-dealkylation sites (tertiary alicyclic amines) is 1. The molecule has 2 atom stereocenters. The van der Waals surface area contributed by atoms with Crippen molar-refractivity contribution >= 4 is 5.97 Å². The van der Waals surface area contributed by atoms with Crippen LogP contribution in [0, 0.1) is 5.41 Å². The third kappa shape index (κ3) is 3.40. The van der Waals surface area contributed by atoms with E-state index in [4.69, 9.17) is 0 Å². The van der Waals surface area contributed by atoms with Crippen LogP contribution in [0.4, 0.5) is 0 Å². The Labute approximate surface area is 121 Å². The average molecular weight is 275 g/mol. The van der Waals surface area contributed by atoms with Crippen LogP contribution >= 0.6 is 0 Å². The van der Waals surface area contributed by atoms with Gasteiger partial charge in [0.05, 0.1) is 5.41 Å². The molecule has 1 aliphatic heterocycles. The molecule has 0 radical (unpaired) electrons. The summed E-state index contributed by atoms with van der Waals surface area (Å²) in [4.78, 5) is 13.8. The lowest BCUT2D eigenvalue weighted by Gasteiger charge is -2.41. The summed E-state index contributed by atoms with van der Waals surface area (Å²) in [6.45, 7) is 5.78. The van der Waals surface area contributed by atoms with Crippen LogP contribution in [0.1, 0.15) is 38.7 Å². The zero-order valence-electron chi connectivity index (χ0n) is 12.5. The quantitative estimate of drug-likeness (QED) is 0.897. The third-order valence-corrected chi connectivity index (χ3v) is 4.54. The molecule has 1 aliphatic rings. The minimum absolute atomic E-state index is 0.441. The van der Waals surface area contributed by atoms with Gasteiger partial charge in [-0.15, -0.1) is 0 Å². The Bertz CT molecular complexity index is 446. The second kappa shape index (κ2) is 6.40. The van der Waals surface area contributed by atoms with Crippen molar-refractivity contribution in [1.29, 1.82) is 0 Å². The number of nitrogens with zero attached hydrogens (tertiary/aromatic N) is 1. The highest BCUT2D eigenvalue weighted by atomic mass is 16.4. The highest BCUT2D eigenvalue weighted by Gasteiger charge is 2.39. The van der Waals surface area contributed by atoms with E-state index in [-0.39, 0.29) is 0 Å². The van der Waals surface area contributed by atoms with Crippen molar-refractivity contribution in [3.05, 3.63) is 35.9 Å². The summed E-state index contributed by atoms with van der Waals surface area (Å²) in [7, 11) is 0. The van der Waals surface area contributed by atoms with Crippen molar-refractivity contribution in [2.24, 2.45) is 5.41 Å². The van der Waals surface area contributed by atoms with Gasteiger partial charge >= 0.3 is 5.97 Å². The molecule has 3 heteroatoms. The normalized spacial score (nSPS) is 25.3. The minimum Gasteiger partial charge on any atom is -0.481 e. The van der Waals surface area contributed by atoms with E-state index < -0.39 is 11.4 Å². The van der Waals surface area contributed by atoms with Gasteiger partial charge in [0.2, 0.25) is 0 Å². The van der Waals surface area contributed by atoms with Gasteiger partial charge < -0.3 is 5.11 Å². The first-order valence-electron chi connectivity index (χ1n) is 7.56. The first-order chi connectivity index (χ1) is 9.55. The molecule has 0 bridgehead atoms. The van der Waals surface area contributed by atoms with Gasteiger partial charge in [-0.25, -0.2) is 0 Å². The summed E-state index contributed by atoms with van der Waals surface area (Å²) in [5, 5.41) is 9.43. The van der Waals surface area contributed by atoms with E-state index in [9.17, 15) is 9.90 Å². The van der Waals surface area contributed by atoms with E-state index in [0.29, 0.717) is 12.6 Å². The van der Waals surface area contributed by atoms with E-state index in [0.717, 1.165) is 32.2 Å². The second-order valence-electron chi connectivity index (χ2n) is 6.19. The largest absolute Gasteiger partial charge is 0.481 e. The molecule has 0 saturated carbocycles. The van der Waals surface area contributed by atoms with Crippen molar-refractivity contribution in [2.75, 3.05) is 13.1 Å². The number of carboxylic acid groups (broad SMARTS) is 1. The molecule has 1 fully saturated rings. The molecule has 1 saturated heterocycles. The Balaban J connectivity index is 2.06. The zero-order valence-corrected chi connectivity index (χ0v) is 12.5. The van der Waals surface area contributed by atoms with Crippen molar-refractivity contribution in [1.82, 2.24) is 4.90 Å². The molecule has 0 aromatic heterocycles. The van der Waals surface area contributed by atoms with Gasteiger partial charge in [0.1, 0.15) is 0 Å². The summed E-state index contributed by atoms with van der Waals surface area (Å²) in [5.74, 6) is -0.656. The molecule has 2 rings (SSSR count). The molecule has 1 aromatic carbocycles. The van der Waals surface area contributed by atoms with E-state index >= 15 is 0 Å². The number of hydrogen-bond acceptors (Lipinski definition) is 2. The van der Waals surface area contributed by atoms with E-state index in [1.165, 1.54) is 5.56 Å². The molecule has 20 heavy (non-hydrogen) atoms. The van der Waals surface area contributed by atoms with Crippen LogP contribution in [0.3, 0.4) is 0 Å². The Morgan fingerprint density at radius 3 is 2.70 bits per heavy atom. The fraction of sp³-hybridized carbons (Fsp3) is 0.588. The Hall–Kier alpha value is -1.35. The number of hydrogen-bond donors (Lipinski definition) is 1. The highest BCUT2D eigenvalue weighted by molar-refractivity contribution is 5.74. The molecule has 2 unspecified atom stereocenters. The molecule has 0 spiro atoms. The SMILES string of the molecule is CCC(Cc1ccccc1)N1CCCC(C)(C(=O)O)C1. The minimum atomic E-state index is -0.656. The number of aliphatic carboxylic acids is 1. The van der Waals surface area contributed by atoms with Crippen molar-refractivity contribution in [3.63, 3.8) is 0 Å². The number of rotatable bonds is 5. The molecular weight excluding hydrogens is 250 g/mol. The van der Waals surface area contributed by atoms with Gasteiger partial charge in [-0.3, -0.25) is 9.69 Å². The van der Waals surface area contributed by atoms with Gasteiger partial charge in [-0.2, -0.15) is 0 Å². The van der Waals surface area contributed by atoms with Gasteiger partial charge in [0, 0.05) is 12.6 Å². The van der Waals surface area contributed by atoms with Crippen LogP contribution < -0.4 is 0 Å². The summed E-state index contributed by atoms with van der Waals surface area (Å²) in [6.07, 6.45) is 3.84. The molecule has 1 heterocycles. The standard InChI is InChI=1S/C17H25NO2/c1-3-15(12-14-8-5-4-6-9-14)18-11-7-10-17(2,13-18)16(19)20/h4-6,8-9,15H,3,7,10-13H2,1-2H3,(H,19,20). The monoisotopic (exact) mass is 275 g/mol. The number of carbonyl (C=O) groups is 1. The van der Waals surface area contributed by atoms with E-state index in [1.807, 2.05) is 13.0 Å². The maximum atomic E-state index is 11.5. The molecule has 1 aromatic rings. The number of carboxylic acids is 1. The smallest absolute Gasteiger partial charge is 0.310 e. The third-order valence-electron chi connectivity index (χ3n) is 4.54. The van der Waals surface area contributed by atoms with Crippen molar-refractivity contribution in [2.45, 2.75) is 45.6 Å². The predicted octanol–water partition coefficient (Wildman–Crippen LogP) is 3.19. The van der Waals surface area contributed by atoms with Crippen LogP contribution in [-0.4, -0.2) is 35.1 Å². The maximum absolute atomic E-state index is 11.5. The number of benzene rings is 1. The Morgan fingerprint density at radius 2 is 2.10 bits per heavy atom. The molecule has 110 valence electrons. The average Bonchev–Trinajstić information content (AvgIpc) is 2.46. The van der Waals surface area contributed by atoms with E-state index in [1.54, 1.807) is 0 Å². The van der Waals surface area contributed by atoms with Gasteiger partial charge in [0.25, 0.3) is 0 Å². The highest BCUT2D eigenvalue weighted by Crippen LogP contribution is 2.31. The topological polar surface area (TPSA) is 40.5 Å². The van der Waals surface area contributed by atoms with Crippen LogP contribution in [-0.2, 0) is 11.2 Å². The van der Waals surface area contributed by atoms with Crippen molar-refractivity contribution in [3.8, 4) is 0 Å². The molecule has 0 amide bonds. The lowest BCUT2D eigenvalue weighted by atomic mass is 9.81. The molecule has 3 nitrogen and oxygen atoms in total. The van der Waals surface area contributed by atoms with Gasteiger partial charge in [0.15, 0.2) is 0 Å². The number of piperidine rings is 1. The van der Waals surface area contributed by atoms with Gasteiger partial charge in [-0.1, -0.05) is 37.3 Å². The Morgan fingerprint density at radius 1 is 1.40 bits per heavy atom. The second-order valence-corrected chi connectivity index (χ2v) is 6.19. The fourth-order valence-corrected chi connectivity index (χ4v) is 3.18. The lowest BCUT2D eigenvalue weighted by molar-refractivity contribution is -0.151. The molecule has 1 N–H and O–H groups in total. The summed E-state index contributed by atoms with van der Waals surface area (Å²) in [6, 6.07) is 10.9. The zero-order chi connectivity index (χ0) is 14.6. The maximum Gasteiger partial charge on any atom is 0.310 e. The lowest BCUT2D eigenvalue weighted by Crippen LogP contribution is -2.50. The van der Waals surface area contributed by atoms with E-state index in [2.05, 4.69) is 36.1 Å². The molecule has 0 aliphatic carbocycles. The fourth-order valence-electron chi connectivity index (χ4n) is 3.18. The summed E-state index contributed by atoms with van der Waals surface area (Å²) in [5.41, 5.74) is 0.754. The van der Waals surface area contributed by atoms with Crippen LogP contribution in [0.2, 0.25) is 0 Å². The summed E-state index contributed by atoms with van der Waals surface area (Å²) >= 11 is 0. The summed E-state index contributed by atoms with van der Waals surface area (Å²) < 4.78 is 0. The van der Waals surface area contributed by atoms with Gasteiger partial charge in [-0.05, 0) is 44.7 Å². The van der Waals surface area contributed by atoms with Crippen LogP contribution in [0.25, 0.3) is 0 Å². The predicted molar refractivity (Wildman–Crippen MR) is 80.8 cm³/mol. The Kier molecular flexibility index (Phi) is 4.81. The van der Waals surface area contributed by atoms with Crippen molar-refractivity contribution < 1.29 is 9.90 Å². The first kappa shape index (κ1) is 15.0.